The van der Waals surface area contributed by atoms with Crippen molar-refractivity contribution in [2.24, 2.45) is 0 Å². The third kappa shape index (κ3) is 6.15. The van der Waals surface area contributed by atoms with Gasteiger partial charge in [-0.1, -0.05) is 0 Å². The summed E-state index contributed by atoms with van der Waals surface area (Å²) in [6.07, 6.45) is 0. The molecule has 0 aromatic carbocycles. The molecule has 2 heterocycles. The van der Waals surface area contributed by atoms with Crippen LogP contribution in [0.2, 0.25) is 0 Å². The number of halogens is 2. The van der Waals surface area contributed by atoms with Crippen LogP contribution in [0, 0.1) is 0 Å². The van der Waals surface area contributed by atoms with Crippen LogP contribution in [-0.4, -0.2) is 105 Å². The van der Waals surface area contributed by atoms with Gasteiger partial charge in [-0.25, -0.2) is 0 Å². The van der Waals surface area contributed by atoms with Gasteiger partial charge in [-0.05, 0) is 14.1 Å². The number of hydrogen-bond acceptors (Lipinski definition) is 4. The Kier molecular flexibility index (Phi) is 7.95. The maximum absolute atomic E-state index is 6.51. The molecule has 19 heavy (non-hydrogen) atoms. The Morgan fingerprint density at radius 1 is 0.737 bits per heavy atom. The van der Waals surface area contributed by atoms with E-state index in [1.165, 1.54) is 52.4 Å². The first-order chi connectivity index (χ1) is 8.63. The molecule has 4 nitrogen and oxygen atoms in total. The van der Waals surface area contributed by atoms with Crippen LogP contribution in [0.5, 0.6) is 0 Å². The van der Waals surface area contributed by atoms with E-state index in [2.05, 4.69) is 33.7 Å². The van der Waals surface area contributed by atoms with E-state index in [0.29, 0.717) is 0 Å². The molecule has 0 unspecified atom stereocenters. The second-order valence-corrected chi connectivity index (χ2v) is 6.42. The minimum Gasteiger partial charge on any atom is -0.304 e. The number of rotatable bonds is 4. The van der Waals surface area contributed by atoms with Crippen LogP contribution >= 0.6 is 24.0 Å². The maximum Gasteiger partial charge on any atom is 0.0590 e. The Hall–Kier alpha value is 0.420. The third-order valence-corrected chi connectivity index (χ3v) is 4.38. The average Bonchev–Trinajstić information content (AvgIpc) is 2.35. The first-order valence-electron chi connectivity index (χ1n) is 7.09. The SMILES string of the molecule is CN1CCN(CC(Cl)CN2CCN(C)CC2)CC1.Cl. The molecule has 0 aromatic heterocycles. The number of alkyl halides is 1. The number of nitrogens with zero attached hydrogens (tertiary/aromatic N) is 4. The number of piperazine rings is 2. The second-order valence-electron chi connectivity index (χ2n) is 5.81. The normalized spacial score (nSPS) is 24.6. The predicted molar refractivity (Wildman–Crippen MR) is 84.8 cm³/mol. The molecule has 0 aromatic rings. The molecule has 0 saturated carbocycles. The van der Waals surface area contributed by atoms with E-state index in [1.807, 2.05) is 0 Å². The molecule has 0 aliphatic carbocycles. The fourth-order valence-electron chi connectivity index (χ4n) is 2.68. The highest BCUT2D eigenvalue weighted by Gasteiger charge is 2.20. The molecule has 0 atom stereocenters. The lowest BCUT2D eigenvalue weighted by Crippen LogP contribution is -2.50. The lowest BCUT2D eigenvalue weighted by Gasteiger charge is -2.36. The number of likely N-dealkylation sites (N-methyl/N-ethyl adjacent to an activating group) is 2. The van der Waals surface area contributed by atoms with Gasteiger partial charge >= 0.3 is 0 Å². The van der Waals surface area contributed by atoms with Gasteiger partial charge in [0.2, 0.25) is 0 Å². The Morgan fingerprint density at radius 3 is 1.37 bits per heavy atom. The highest BCUT2D eigenvalue weighted by molar-refractivity contribution is 6.21. The van der Waals surface area contributed by atoms with Crippen LogP contribution in [0.3, 0.4) is 0 Å². The van der Waals surface area contributed by atoms with Gasteiger partial charge in [0, 0.05) is 65.4 Å². The van der Waals surface area contributed by atoms with Crippen molar-refractivity contribution in [3.05, 3.63) is 0 Å². The van der Waals surface area contributed by atoms with Crippen LogP contribution in [0.4, 0.5) is 0 Å². The molecule has 2 fully saturated rings. The van der Waals surface area contributed by atoms with Crippen molar-refractivity contribution in [3.8, 4) is 0 Å². The monoisotopic (exact) mass is 310 g/mol. The van der Waals surface area contributed by atoms with Gasteiger partial charge in [0.15, 0.2) is 0 Å². The van der Waals surface area contributed by atoms with Crippen LogP contribution in [0.1, 0.15) is 0 Å². The standard InChI is InChI=1S/C13H27ClN4.ClH/c1-15-3-7-17(8-4-15)11-13(14)12-18-9-5-16(2)6-10-18;/h13H,3-12H2,1-2H3;1H. The van der Waals surface area contributed by atoms with Crippen LogP contribution < -0.4 is 0 Å². The van der Waals surface area contributed by atoms with Crippen LogP contribution in [0.25, 0.3) is 0 Å². The van der Waals surface area contributed by atoms with E-state index in [0.717, 1.165) is 13.1 Å². The topological polar surface area (TPSA) is 13.0 Å². The molecule has 114 valence electrons. The van der Waals surface area contributed by atoms with Crippen molar-refractivity contribution in [1.82, 2.24) is 19.6 Å². The largest absolute Gasteiger partial charge is 0.304 e. The van der Waals surface area contributed by atoms with Crippen molar-refractivity contribution in [2.75, 3.05) is 79.5 Å². The van der Waals surface area contributed by atoms with Gasteiger partial charge in [-0.15, -0.1) is 24.0 Å². The van der Waals surface area contributed by atoms with E-state index in [-0.39, 0.29) is 17.8 Å². The van der Waals surface area contributed by atoms with Gasteiger partial charge < -0.3 is 9.80 Å². The van der Waals surface area contributed by atoms with Gasteiger partial charge in [0.05, 0.1) is 5.38 Å². The summed E-state index contributed by atoms with van der Waals surface area (Å²) in [6, 6.07) is 0. The van der Waals surface area contributed by atoms with Crippen molar-refractivity contribution < 1.29 is 0 Å². The van der Waals surface area contributed by atoms with Crippen LogP contribution in [0.15, 0.2) is 0 Å². The van der Waals surface area contributed by atoms with Gasteiger partial charge in [-0.2, -0.15) is 0 Å². The van der Waals surface area contributed by atoms with E-state index in [9.17, 15) is 0 Å². The van der Waals surface area contributed by atoms with Crippen molar-refractivity contribution >= 4 is 24.0 Å². The molecule has 2 saturated heterocycles. The Balaban J connectivity index is 0.00000180. The molecule has 0 spiro atoms. The van der Waals surface area contributed by atoms with E-state index < -0.39 is 0 Å². The van der Waals surface area contributed by atoms with Crippen LogP contribution in [-0.2, 0) is 0 Å². The van der Waals surface area contributed by atoms with Crippen molar-refractivity contribution in [3.63, 3.8) is 0 Å². The molecular formula is C13H28Cl2N4. The predicted octanol–water partition coefficient (Wildman–Crippen LogP) is 0.510. The van der Waals surface area contributed by atoms with E-state index >= 15 is 0 Å². The molecular weight excluding hydrogens is 283 g/mol. The third-order valence-electron chi connectivity index (χ3n) is 4.10. The number of hydrogen-bond donors (Lipinski definition) is 0. The van der Waals surface area contributed by atoms with Gasteiger partial charge in [0.1, 0.15) is 0 Å². The molecule has 6 heteroatoms. The molecule has 2 aliphatic heterocycles. The zero-order valence-corrected chi connectivity index (χ0v) is 13.8. The zero-order valence-electron chi connectivity index (χ0n) is 12.2. The summed E-state index contributed by atoms with van der Waals surface area (Å²) in [6.45, 7) is 11.5. The van der Waals surface area contributed by atoms with Crippen molar-refractivity contribution in [1.29, 1.82) is 0 Å². The first kappa shape index (κ1) is 17.5. The summed E-state index contributed by atoms with van der Waals surface area (Å²) in [5.41, 5.74) is 0. The second kappa shape index (κ2) is 8.65. The average molecular weight is 311 g/mol. The maximum atomic E-state index is 6.51. The molecule has 0 radical (unpaired) electrons. The summed E-state index contributed by atoms with van der Waals surface area (Å²) >= 11 is 6.51. The summed E-state index contributed by atoms with van der Waals surface area (Å²) in [7, 11) is 4.39. The van der Waals surface area contributed by atoms with Gasteiger partial charge in [0.25, 0.3) is 0 Å². The summed E-state index contributed by atoms with van der Waals surface area (Å²) in [5, 5.41) is 0.275. The highest BCUT2D eigenvalue weighted by atomic mass is 35.5. The lowest BCUT2D eigenvalue weighted by molar-refractivity contribution is 0.130. The highest BCUT2D eigenvalue weighted by Crippen LogP contribution is 2.08. The molecule has 0 bridgehead atoms. The van der Waals surface area contributed by atoms with Gasteiger partial charge in [-0.3, -0.25) is 9.80 Å². The van der Waals surface area contributed by atoms with E-state index in [1.54, 1.807) is 0 Å². The minimum atomic E-state index is 0. The fourth-order valence-corrected chi connectivity index (χ4v) is 3.07. The Morgan fingerprint density at radius 2 is 1.05 bits per heavy atom. The summed E-state index contributed by atoms with van der Waals surface area (Å²) < 4.78 is 0. The Bertz CT molecular complexity index is 215. The zero-order chi connectivity index (χ0) is 13.0. The molecule has 0 N–H and O–H groups in total. The van der Waals surface area contributed by atoms with Crippen molar-refractivity contribution in [2.45, 2.75) is 5.38 Å². The quantitative estimate of drug-likeness (QED) is 0.702. The Labute approximate surface area is 129 Å². The fraction of sp³-hybridized carbons (Fsp3) is 1.00. The minimum absolute atomic E-state index is 0. The summed E-state index contributed by atoms with van der Waals surface area (Å²) in [4.78, 5) is 9.79. The molecule has 0 amide bonds. The lowest BCUT2D eigenvalue weighted by atomic mass is 10.2. The first-order valence-corrected chi connectivity index (χ1v) is 7.53. The molecule has 2 rings (SSSR count). The van der Waals surface area contributed by atoms with E-state index in [4.69, 9.17) is 11.6 Å². The smallest absolute Gasteiger partial charge is 0.0590 e. The summed E-state index contributed by atoms with van der Waals surface area (Å²) in [5.74, 6) is 0. The molecule has 2 aliphatic rings.